The minimum absolute atomic E-state index is 0.00662. The number of benzene rings is 2. The van der Waals surface area contributed by atoms with Gasteiger partial charge in [-0.05, 0) is 68.1 Å². The molecule has 4 rings (SSSR count). The van der Waals surface area contributed by atoms with Crippen molar-refractivity contribution in [2.24, 2.45) is 5.92 Å². The zero-order chi connectivity index (χ0) is 23.9. The zero-order valence-electron chi connectivity index (χ0n) is 18.3. The fourth-order valence-electron chi connectivity index (χ4n) is 4.60. The van der Waals surface area contributed by atoms with Gasteiger partial charge in [0.1, 0.15) is 5.82 Å². The maximum Gasteiger partial charge on any atom is 0.243 e. The number of nitrogens with zero attached hydrogens (tertiary/aromatic N) is 2. The quantitative estimate of drug-likeness (QED) is 0.701. The van der Waals surface area contributed by atoms with Gasteiger partial charge in [0.2, 0.25) is 21.8 Å². The molecule has 0 saturated carbocycles. The van der Waals surface area contributed by atoms with Crippen LogP contribution in [-0.2, 0) is 26.0 Å². The normalized spacial score (nSPS) is 21.0. The van der Waals surface area contributed by atoms with Gasteiger partial charge in [0.25, 0.3) is 0 Å². The summed E-state index contributed by atoms with van der Waals surface area (Å²) >= 11 is 5.75. The van der Waals surface area contributed by atoms with Crippen LogP contribution >= 0.6 is 11.6 Å². The van der Waals surface area contributed by atoms with Crippen LogP contribution in [-0.4, -0.2) is 43.7 Å². The third-order valence-electron chi connectivity index (χ3n) is 6.19. The second kappa shape index (κ2) is 9.04. The molecule has 7 nitrogen and oxygen atoms in total. The summed E-state index contributed by atoms with van der Waals surface area (Å²) < 4.78 is 42.0. The number of anilines is 2. The molecule has 2 atom stereocenters. The molecule has 2 amide bonds. The van der Waals surface area contributed by atoms with Crippen LogP contribution in [0.4, 0.5) is 15.8 Å². The predicted molar refractivity (Wildman–Crippen MR) is 124 cm³/mol. The summed E-state index contributed by atoms with van der Waals surface area (Å²) in [4.78, 5) is 26.5. The van der Waals surface area contributed by atoms with Crippen LogP contribution in [0.3, 0.4) is 0 Å². The Balaban J connectivity index is 1.51. The first kappa shape index (κ1) is 23.7. The number of nitrogens with one attached hydrogen (secondary N) is 1. The van der Waals surface area contributed by atoms with Crippen LogP contribution in [0, 0.1) is 11.7 Å². The lowest BCUT2D eigenvalue weighted by Crippen LogP contribution is -2.43. The van der Waals surface area contributed by atoms with Crippen molar-refractivity contribution in [1.82, 2.24) is 4.31 Å². The highest BCUT2D eigenvalue weighted by molar-refractivity contribution is 7.89. The number of hydrogen-bond donors (Lipinski definition) is 1. The van der Waals surface area contributed by atoms with Gasteiger partial charge in [-0.25, -0.2) is 12.8 Å². The zero-order valence-corrected chi connectivity index (χ0v) is 19.9. The Morgan fingerprint density at radius 3 is 2.64 bits per heavy atom. The number of piperidine rings is 1. The first-order chi connectivity index (χ1) is 15.6. The Labute approximate surface area is 197 Å². The molecule has 10 heteroatoms. The molecule has 2 heterocycles. The van der Waals surface area contributed by atoms with E-state index in [1.54, 1.807) is 17.0 Å². The molecule has 2 aliphatic heterocycles. The highest BCUT2D eigenvalue weighted by atomic mass is 35.5. The van der Waals surface area contributed by atoms with Crippen molar-refractivity contribution >= 4 is 44.8 Å². The van der Waals surface area contributed by atoms with Crippen LogP contribution in [0.25, 0.3) is 0 Å². The van der Waals surface area contributed by atoms with Gasteiger partial charge in [-0.1, -0.05) is 11.6 Å². The Morgan fingerprint density at radius 2 is 1.94 bits per heavy atom. The van der Waals surface area contributed by atoms with Crippen molar-refractivity contribution in [2.45, 2.75) is 44.0 Å². The van der Waals surface area contributed by atoms with Crippen molar-refractivity contribution in [2.75, 3.05) is 23.3 Å². The Kier molecular flexibility index (Phi) is 6.48. The minimum Gasteiger partial charge on any atom is -0.323 e. The molecule has 2 aromatic carbocycles. The summed E-state index contributed by atoms with van der Waals surface area (Å²) in [7, 11) is -3.83. The Morgan fingerprint density at radius 1 is 1.18 bits per heavy atom. The first-order valence-corrected chi connectivity index (χ1v) is 12.6. The lowest BCUT2D eigenvalue weighted by atomic mass is 9.98. The van der Waals surface area contributed by atoms with E-state index in [4.69, 9.17) is 11.6 Å². The van der Waals surface area contributed by atoms with E-state index in [0.29, 0.717) is 25.8 Å². The molecule has 0 unspecified atom stereocenters. The van der Waals surface area contributed by atoms with Crippen molar-refractivity contribution in [1.29, 1.82) is 0 Å². The Hall–Kier alpha value is -2.49. The molecule has 0 radical (unpaired) electrons. The fraction of sp³-hybridized carbons (Fsp3) is 0.391. The number of rotatable bonds is 4. The van der Waals surface area contributed by atoms with Gasteiger partial charge in [0.05, 0.1) is 16.5 Å². The van der Waals surface area contributed by atoms with E-state index < -0.39 is 27.7 Å². The van der Waals surface area contributed by atoms with Gasteiger partial charge in [-0.2, -0.15) is 4.31 Å². The molecular formula is C23H25ClFN3O4S. The van der Waals surface area contributed by atoms with E-state index in [-0.39, 0.29) is 34.1 Å². The molecule has 1 saturated heterocycles. The molecule has 0 bridgehead atoms. The van der Waals surface area contributed by atoms with Crippen molar-refractivity contribution in [3.8, 4) is 0 Å². The number of halogens is 2. The van der Waals surface area contributed by atoms with E-state index in [1.807, 2.05) is 6.92 Å². The first-order valence-electron chi connectivity index (χ1n) is 10.8. The van der Waals surface area contributed by atoms with E-state index in [1.165, 1.54) is 29.4 Å². The number of carbonyl (C=O) groups is 2. The standard InChI is InChI=1S/C23H25ClFN3O4S/c1-14-10-17-11-19(6-8-22(17)28(14)15(2)29)33(31,32)27-9-3-4-16(13-27)23(30)26-21-7-5-18(24)12-20(21)25/h5-8,11-12,14,16H,3-4,9-10,13H2,1-2H3,(H,26,30)/t14-,16+/m0/s1. The smallest absolute Gasteiger partial charge is 0.243 e. The molecule has 176 valence electrons. The summed E-state index contributed by atoms with van der Waals surface area (Å²) in [5.41, 5.74) is 1.55. The molecule has 0 aliphatic carbocycles. The average molecular weight is 494 g/mol. The Bertz CT molecular complexity index is 1220. The van der Waals surface area contributed by atoms with E-state index in [0.717, 1.165) is 17.3 Å². The van der Waals surface area contributed by atoms with Gasteiger partial charge in [-0.3, -0.25) is 9.59 Å². The van der Waals surface area contributed by atoms with Gasteiger partial charge in [-0.15, -0.1) is 0 Å². The monoisotopic (exact) mass is 493 g/mol. The third kappa shape index (κ3) is 4.62. The summed E-state index contributed by atoms with van der Waals surface area (Å²) in [6, 6.07) is 8.72. The van der Waals surface area contributed by atoms with Gasteiger partial charge >= 0.3 is 0 Å². The molecule has 0 aromatic heterocycles. The number of amides is 2. The fourth-order valence-corrected chi connectivity index (χ4v) is 6.33. The lowest BCUT2D eigenvalue weighted by Gasteiger charge is -2.31. The van der Waals surface area contributed by atoms with Crippen molar-refractivity contribution < 1.29 is 22.4 Å². The number of carbonyl (C=O) groups excluding carboxylic acids is 2. The molecule has 33 heavy (non-hydrogen) atoms. The van der Waals surface area contributed by atoms with Crippen LogP contribution < -0.4 is 10.2 Å². The second-order valence-corrected chi connectivity index (χ2v) is 10.9. The molecule has 0 spiro atoms. The van der Waals surface area contributed by atoms with Crippen LogP contribution in [0.15, 0.2) is 41.3 Å². The largest absolute Gasteiger partial charge is 0.323 e. The summed E-state index contributed by atoms with van der Waals surface area (Å²) in [6.45, 7) is 3.73. The highest BCUT2D eigenvalue weighted by Gasteiger charge is 2.35. The summed E-state index contributed by atoms with van der Waals surface area (Å²) in [5, 5.41) is 2.76. The topological polar surface area (TPSA) is 86.8 Å². The van der Waals surface area contributed by atoms with Crippen LogP contribution in [0.2, 0.25) is 5.02 Å². The minimum atomic E-state index is -3.83. The maximum absolute atomic E-state index is 14.0. The number of fused-ring (bicyclic) bond motifs is 1. The highest BCUT2D eigenvalue weighted by Crippen LogP contribution is 2.35. The molecular weight excluding hydrogens is 469 g/mol. The van der Waals surface area contributed by atoms with Crippen LogP contribution in [0.1, 0.15) is 32.3 Å². The van der Waals surface area contributed by atoms with E-state index >= 15 is 0 Å². The summed E-state index contributed by atoms with van der Waals surface area (Å²) in [5.74, 6) is -1.77. The predicted octanol–water partition coefficient (Wildman–Crippen LogP) is 3.82. The second-order valence-electron chi connectivity index (χ2n) is 8.55. The van der Waals surface area contributed by atoms with Crippen molar-refractivity contribution in [3.05, 3.63) is 52.8 Å². The lowest BCUT2D eigenvalue weighted by molar-refractivity contribution is -0.121. The van der Waals surface area contributed by atoms with Gasteiger partial charge in [0, 0.05) is 36.8 Å². The van der Waals surface area contributed by atoms with E-state index in [9.17, 15) is 22.4 Å². The van der Waals surface area contributed by atoms with E-state index in [2.05, 4.69) is 5.32 Å². The SMILES string of the molecule is CC(=O)N1c2ccc(S(=O)(=O)N3CCC[C@@H](C(=O)Nc4ccc(Cl)cc4F)C3)cc2C[C@@H]1C. The maximum atomic E-state index is 14.0. The number of hydrogen-bond acceptors (Lipinski definition) is 4. The molecule has 1 fully saturated rings. The third-order valence-corrected chi connectivity index (χ3v) is 8.28. The molecule has 2 aliphatic rings. The van der Waals surface area contributed by atoms with Gasteiger partial charge < -0.3 is 10.2 Å². The summed E-state index contributed by atoms with van der Waals surface area (Å²) in [6.07, 6.45) is 1.60. The molecule has 2 aromatic rings. The molecule has 1 N–H and O–H groups in total. The average Bonchev–Trinajstić information content (AvgIpc) is 3.10. The number of sulfonamides is 1. The van der Waals surface area contributed by atoms with Gasteiger partial charge in [0.15, 0.2) is 0 Å². The van der Waals surface area contributed by atoms with Crippen LogP contribution in [0.5, 0.6) is 0 Å². The van der Waals surface area contributed by atoms with Crippen molar-refractivity contribution in [3.63, 3.8) is 0 Å².